The van der Waals surface area contributed by atoms with E-state index in [0.29, 0.717) is 6.04 Å². The molecule has 2 heterocycles. The van der Waals surface area contributed by atoms with Gasteiger partial charge in [-0.25, -0.2) is 0 Å². The smallest absolute Gasteiger partial charge is 0.150 e. The molecule has 0 spiro atoms. The van der Waals surface area contributed by atoms with Gasteiger partial charge < -0.3 is 14.7 Å². The molecule has 1 fully saturated rings. The number of aryl methyl sites for hydroxylation is 1. The first-order valence-electron chi connectivity index (χ1n) is 6.66. The standard InChI is InChI=1S/C13H23N3O/c1-3-6-16-7-4-12(5-8-16)14-10-13-9-11(2)15-17-13/h9,12,14H,3-8,10H2,1-2H3. The molecule has 4 heteroatoms. The maximum atomic E-state index is 5.19. The van der Waals surface area contributed by atoms with Gasteiger partial charge in [0.25, 0.3) is 0 Å². The number of piperidine rings is 1. The first-order chi connectivity index (χ1) is 8.28. The Morgan fingerprint density at radius 3 is 2.82 bits per heavy atom. The maximum absolute atomic E-state index is 5.19. The second-order valence-electron chi connectivity index (χ2n) is 4.93. The number of hydrogen-bond acceptors (Lipinski definition) is 4. The molecular formula is C13H23N3O. The van der Waals surface area contributed by atoms with Crippen LogP contribution in [0.4, 0.5) is 0 Å². The summed E-state index contributed by atoms with van der Waals surface area (Å²) in [6, 6.07) is 2.63. The first kappa shape index (κ1) is 12.6. The van der Waals surface area contributed by atoms with Crippen molar-refractivity contribution >= 4 is 0 Å². The van der Waals surface area contributed by atoms with Crippen LogP contribution in [0.1, 0.15) is 37.6 Å². The molecule has 1 saturated heterocycles. The summed E-state index contributed by atoms with van der Waals surface area (Å²) < 4.78 is 5.19. The molecule has 2 rings (SSSR count). The molecular weight excluding hydrogens is 214 g/mol. The zero-order valence-corrected chi connectivity index (χ0v) is 10.9. The van der Waals surface area contributed by atoms with Crippen LogP contribution < -0.4 is 5.32 Å². The topological polar surface area (TPSA) is 41.3 Å². The molecule has 1 aromatic heterocycles. The van der Waals surface area contributed by atoms with Crippen LogP contribution in [0.15, 0.2) is 10.6 Å². The lowest BCUT2D eigenvalue weighted by Gasteiger charge is -2.31. The Morgan fingerprint density at radius 2 is 2.24 bits per heavy atom. The van der Waals surface area contributed by atoms with Crippen molar-refractivity contribution in [3.63, 3.8) is 0 Å². The summed E-state index contributed by atoms with van der Waals surface area (Å²) in [5, 5.41) is 7.45. The summed E-state index contributed by atoms with van der Waals surface area (Å²) in [5.41, 5.74) is 0.958. The van der Waals surface area contributed by atoms with E-state index in [2.05, 4.69) is 22.3 Å². The fourth-order valence-electron chi connectivity index (χ4n) is 2.42. The first-order valence-corrected chi connectivity index (χ1v) is 6.66. The van der Waals surface area contributed by atoms with Crippen molar-refractivity contribution in [1.82, 2.24) is 15.4 Å². The third-order valence-corrected chi connectivity index (χ3v) is 3.37. The summed E-state index contributed by atoms with van der Waals surface area (Å²) in [5.74, 6) is 0.943. The Labute approximate surface area is 103 Å². The van der Waals surface area contributed by atoms with Crippen LogP contribution in [-0.4, -0.2) is 35.7 Å². The zero-order chi connectivity index (χ0) is 12.1. The van der Waals surface area contributed by atoms with E-state index in [1.165, 1.54) is 38.9 Å². The van der Waals surface area contributed by atoms with Crippen molar-refractivity contribution in [1.29, 1.82) is 0 Å². The molecule has 1 aromatic rings. The quantitative estimate of drug-likeness (QED) is 0.850. The number of likely N-dealkylation sites (tertiary alicyclic amines) is 1. The van der Waals surface area contributed by atoms with Gasteiger partial charge in [0.15, 0.2) is 5.76 Å². The van der Waals surface area contributed by atoms with Crippen molar-refractivity contribution in [2.45, 2.75) is 45.7 Å². The van der Waals surface area contributed by atoms with E-state index in [-0.39, 0.29) is 0 Å². The minimum absolute atomic E-state index is 0.633. The van der Waals surface area contributed by atoms with E-state index in [4.69, 9.17) is 4.52 Å². The van der Waals surface area contributed by atoms with E-state index in [1.807, 2.05) is 13.0 Å². The van der Waals surface area contributed by atoms with Crippen LogP contribution in [0.2, 0.25) is 0 Å². The summed E-state index contributed by atoms with van der Waals surface area (Å²) >= 11 is 0. The molecule has 0 aliphatic carbocycles. The molecule has 0 saturated carbocycles. The van der Waals surface area contributed by atoms with Gasteiger partial charge in [0.05, 0.1) is 12.2 Å². The molecule has 1 N–H and O–H groups in total. The van der Waals surface area contributed by atoms with Gasteiger partial charge in [0.1, 0.15) is 0 Å². The molecule has 1 aliphatic heterocycles. The van der Waals surface area contributed by atoms with Crippen LogP contribution in [0.3, 0.4) is 0 Å². The van der Waals surface area contributed by atoms with Gasteiger partial charge in [-0.3, -0.25) is 0 Å². The molecule has 0 unspecified atom stereocenters. The minimum atomic E-state index is 0.633. The highest BCUT2D eigenvalue weighted by Gasteiger charge is 2.18. The fourth-order valence-corrected chi connectivity index (χ4v) is 2.42. The Hall–Kier alpha value is -0.870. The van der Waals surface area contributed by atoms with Gasteiger partial charge in [-0.1, -0.05) is 12.1 Å². The third kappa shape index (κ3) is 3.82. The van der Waals surface area contributed by atoms with E-state index < -0.39 is 0 Å². The van der Waals surface area contributed by atoms with E-state index >= 15 is 0 Å². The molecule has 0 atom stereocenters. The van der Waals surface area contributed by atoms with Crippen molar-refractivity contribution < 1.29 is 4.52 Å². The van der Waals surface area contributed by atoms with Crippen LogP contribution in [0.5, 0.6) is 0 Å². The Balaban J connectivity index is 1.68. The second kappa shape index (κ2) is 6.17. The fraction of sp³-hybridized carbons (Fsp3) is 0.769. The normalized spacial score (nSPS) is 18.7. The lowest BCUT2D eigenvalue weighted by atomic mass is 10.0. The van der Waals surface area contributed by atoms with Gasteiger partial charge in [-0.05, 0) is 45.8 Å². The van der Waals surface area contributed by atoms with Gasteiger partial charge in [-0.2, -0.15) is 0 Å². The van der Waals surface area contributed by atoms with Gasteiger partial charge in [0, 0.05) is 12.1 Å². The summed E-state index contributed by atoms with van der Waals surface area (Å²) in [7, 11) is 0. The predicted molar refractivity (Wildman–Crippen MR) is 67.8 cm³/mol. The third-order valence-electron chi connectivity index (χ3n) is 3.37. The highest BCUT2D eigenvalue weighted by Crippen LogP contribution is 2.11. The maximum Gasteiger partial charge on any atom is 0.150 e. The second-order valence-corrected chi connectivity index (χ2v) is 4.93. The van der Waals surface area contributed by atoms with Crippen LogP contribution in [0, 0.1) is 6.92 Å². The van der Waals surface area contributed by atoms with E-state index in [9.17, 15) is 0 Å². The number of nitrogens with one attached hydrogen (secondary N) is 1. The average molecular weight is 237 g/mol. The SMILES string of the molecule is CCCN1CCC(NCc2cc(C)no2)CC1. The van der Waals surface area contributed by atoms with Gasteiger partial charge in [-0.15, -0.1) is 0 Å². The Kier molecular flexibility index (Phi) is 4.57. The highest BCUT2D eigenvalue weighted by atomic mass is 16.5. The molecule has 0 aromatic carbocycles. The minimum Gasteiger partial charge on any atom is -0.360 e. The average Bonchev–Trinajstić information content (AvgIpc) is 2.75. The Morgan fingerprint density at radius 1 is 1.47 bits per heavy atom. The van der Waals surface area contributed by atoms with Crippen molar-refractivity contribution in [2.24, 2.45) is 0 Å². The van der Waals surface area contributed by atoms with Crippen molar-refractivity contribution in [2.75, 3.05) is 19.6 Å². The molecule has 0 radical (unpaired) electrons. The van der Waals surface area contributed by atoms with Gasteiger partial charge >= 0.3 is 0 Å². The van der Waals surface area contributed by atoms with Crippen molar-refractivity contribution in [3.8, 4) is 0 Å². The lowest BCUT2D eigenvalue weighted by Crippen LogP contribution is -2.42. The summed E-state index contributed by atoms with van der Waals surface area (Å²) in [4.78, 5) is 2.55. The molecule has 17 heavy (non-hydrogen) atoms. The van der Waals surface area contributed by atoms with Crippen molar-refractivity contribution in [3.05, 3.63) is 17.5 Å². The monoisotopic (exact) mass is 237 g/mol. The number of nitrogens with zero attached hydrogens (tertiary/aromatic N) is 2. The zero-order valence-electron chi connectivity index (χ0n) is 10.9. The van der Waals surface area contributed by atoms with Crippen LogP contribution in [-0.2, 0) is 6.54 Å². The number of rotatable bonds is 5. The van der Waals surface area contributed by atoms with E-state index in [0.717, 1.165) is 18.0 Å². The van der Waals surface area contributed by atoms with Crippen LogP contribution in [0.25, 0.3) is 0 Å². The molecule has 0 bridgehead atoms. The molecule has 96 valence electrons. The summed E-state index contributed by atoms with van der Waals surface area (Å²) in [6.45, 7) is 8.70. The predicted octanol–water partition coefficient (Wildman–Crippen LogP) is 1.95. The lowest BCUT2D eigenvalue weighted by molar-refractivity contribution is 0.195. The van der Waals surface area contributed by atoms with Gasteiger partial charge in [0.2, 0.25) is 0 Å². The summed E-state index contributed by atoms with van der Waals surface area (Å²) in [6.07, 6.45) is 3.75. The Bertz CT molecular complexity index is 329. The molecule has 1 aliphatic rings. The molecule has 0 amide bonds. The number of aromatic nitrogens is 1. The molecule has 4 nitrogen and oxygen atoms in total. The van der Waals surface area contributed by atoms with Crippen LogP contribution >= 0.6 is 0 Å². The largest absolute Gasteiger partial charge is 0.360 e. The number of hydrogen-bond donors (Lipinski definition) is 1. The highest BCUT2D eigenvalue weighted by molar-refractivity contribution is 5.02. The van der Waals surface area contributed by atoms with E-state index in [1.54, 1.807) is 0 Å².